The third kappa shape index (κ3) is 8.08. The number of likely N-dealkylation sites (N-methyl/N-ethyl adjacent to an activating group) is 1. The molecular weight excluding hydrogens is 622 g/mol. The molecule has 4 saturated heterocycles. The van der Waals surface area contributed by atoms with Crippen LogP contribution >= 0.6 is 0 Å². The molecule has 4 heterocycles. The maximum Gasteiger partial charge on any atom is 0.311 e. The van der Waals surface area contributed by atoms with Gasteiger partial charge >= 0.3 is 5.97 Å². The van der Waals surface area contributed by atoms with Crippen LogP contribution in [0.15, 0.2) is 0 Å². The van der Waals surface area contributed by atoms with Gasteiger partial charge in [-0.05, 0) is 73.8 Å². The van der Waals surface area contributed by atoms with Crippen LogP contribution in [0.5, 0.6) is 0 Å². The molecule has 0 aromatic carbocycles. The summed E-state index contributed by atoms with van der Waals surface area (Å²) in [5.74, 6) is -2.47. The molecule has 4 rings (SSSR count). The number of nitrogens with one attached hydrogen (secondary N) is 1. The van der Waals surface area contributed by atoms with E-state index in [2.05, 4.69) is 12.2 Å². The fraction of sp³-hybridized carbons (Fsp3) is 0.972. The zero-order valence-electron chi connectivity index (χ0n) is 31.3. The fourth-order valence-corrected chi connectivity index (χ4v) is 9.05. The molecule has 0 radical (unpaired) electrons. The minimum Gasteiger partial charge on any atom is -0.459 e. The standard InChI is InChI=1S/C36H65NO11/c1-13-25-36(10,41)30(39)21(5)28-18(2)15-35(9,48-28)31(47-33-27(38)24(37-11)14-19(3)44-33)22(6)29(23(7)32(40)45-25)46-26-17-34(8,42-12)16-20(4)43-26/h18-31,33,37-39,41H,13-17H2,1-12H3/t18-,19+,20-,21+,22-,23+,24-,25-,26-,27+,28-,29-,30+,31+,33-,34-,35+,36+/m0/s1. The Balaban J connectivity index is 1.82. The van der Waals surface area contributed by atoms with E-state index in [-0.39, 0.29) is 30.6 Å². The second-order valence-electron chi connectivity index (χ2n) is 16.1. The Kier molecular flexibility index (Phi) is 12.7. The summed E-state index contributed by atoms with van der Waals surface area (Å²) in [7, 11) is 3.48. The summed E-state index contributed by atoms with van der Waals surface area (Å²) in [6.07, 6.45) is -4.62. The predicted octanol–water partition coefficient (Wildman–Crippen LogP) is 3.31. The molecule has 280 valence electrons. The molecule has 0 aliphatic carbocycles. The van der Waals surface area contributed by atoms with Gasteiger partial charge in [-0.3, -0.25) is 4.79 Å². The lowest BCUT2D eigenvalue weighted by atomic mass is 9.76. The molecule has 12 nitrogen and oxygen atoms in total. The molecule has 0 saturated carbocycles. The first-order valence-electron chi connectivity index (χ1n) is 18.1. The van der Waals surface area contributed by atoms with E-state index in [0.717, 1.165) is 0 Å². The van der Waals surface area contributed by atoms with Crippen molar-refractivity contribution in [3.8, 4) is 0 Å². The van der Waals surface area contributed by atoms with E-state index < -0.39 is 89.7 Å². The fourth-order valence-electron chi connectivity index (χ4n) is 9.05. The molecule has 18 atom stereocenters. The van der Waals surface area contributed by atoms with E-state index in [0.29, 0.717) is 25.7 Å². The first-order valence-corrected chi connectivity index (χ1v) is 18.1. The van der Waals surface area contributed by atoms with Crippen LogP contribution < -0.4 is 5.32 Å². The molecular formula is C36H65NO11. The number of fused-ring (bicyclic) bond motifs is 2. The third-order valence-electron chi connectivity index (χ3n) is 11.9. The van der Waals surface area contributed by atoms with Crippen molar-refractivity contribution in [3.05, 3.63) is 0 Å². The zero-order chi connectivity index (χ0) is 35.9. The molecule has 0 unspecified atom stereocenters. The van der Waals surface area contributed by atoms with Gasteiger partial charge in [0.05, 0.1) is 53.7 Å². The van der Waals surface area contributed by atoms with Gasteiger partial charge in [0.1, 0.15) is 17.8 Å². The van der Waals surface area contributed by atoms with Crippen LogP contribution in [0, 0.1) is 23.7 Å². The summed E-state index contributed by atoms with van der Waals surface area (Å²) in [5, 5.41) is 38.0. The summed E-state index contributed by atoms with van der Waals surface area (Å²) in [4.78, 5) is 14.1. The molecule has 0 spiro atoms. The van der Waals surface area contributed by atoms with Crippen LogP contribution in [0.4, 0.5) is 0 Å². The van der Waals surface area contributed by atoms with E-state index >= 15 is 0 Å². The Morgan fingerprint density at radius 2 is 1.60 bits per heavy atom. The second kappa shape index (κ2) is 15.4. The smallest absolute Gasteiger partial charge is 0.311 e. The second-order valence-corrected chi connectivity index (χ2v) is 16.1. The number of carbonyl (C=O) groups excluding carboxylic acids is 1. The molecule has 0 amide bonds. The van der Waals surface area contributed by atoms with Crippen molar-refractivity contribution in [2.45, 2.75) is 186 Å². The average Bonchev–Trinajstić information content (AvgIpc) is 3.34. The van der Waals surface area contributed by atoms with E-state index in [9.17, 15) is 20.1 Å². The lowest BCUT2D eigenvalue weighted by Crippen LogP contribution is -2.59. The van der Waals surface area contributed by atoms with E-state index in [4.69, 9.17) is 33.2 Å². The quantitative estimate of drug-likeness (QED) is 0.291. The first-order chi connectivity index (χ1) is 22.3. The van der Waals surface area contributed by atoms with Crippen molar-refractivity contribution in [2.75, 3.05) is 14.2 Å². The lowest BCUT2D eigenvalue weighted by Gasteiger charge is -2.47. The van der Waals surface area contributed by atoms with Gasteiger partial charge in [0.15, 0.2) is 12.6 Å². The van der Waals surface area contributed by atoms with Gasteiger partial charge in [-0.25, -0.2) is 0 Å². The van der Waals surface area contributed by atoms with Crippen LogP contribution in [0.2, 0.25) is 0 Å². The predicted molar refractivity (Wildman–Crippen MR) is 178 cm³/mol. The normalized spacial score (nSPS) is 52.6. The van der Waals surface area contributed by atoms with Crippen molar-refractivity contribution >= 4 is 5.97 Å². The Morgan fingerprint density at radius 3 is 2.21 bits per heavy atom. The summed E-state index contributed by atoms with van der Waals surface area (Å²) < 4.78 is 45.0. The molecule has 4 fully saturated rings. The molecule has 48 heavy (non-hydrogen) atoms. The highest BCUT2D eigenvalue weighted by Crippen LogP contribution is 2.47. The Bertz CT molecular complexity index is 1080. The minimum atomic E-state index is -1.75. The van der Waals surface area contributed by atoms with Gasteiger partial charge < -0.3 is 53.8 Å². The lowest BCUT2D eigenvalue weighted by molar-refractivity contribution is -0.308. The Morgan fingerprint density at radius 1 is 0.938 bits per heavy atom. The SMILES string of the molecule is CC[C@@H]1OC(=O)[C@H](C)[C@@H](O[C@H]2C[C@@](C)(OC)C[C@H](C)O2)[C@H](C)[C@@H](O[C@@H]2O[C@H](C)C[C@H](NC)[C@H]2O)[C@@]2(C)C[C@H](C)[C@H](O2)[C@@H](C)[C@@H](O)[C@]1(C)O. The summed E-state index contributed by atoms with van der Waals surface area (Å²) in [5.41, 5.74) is -3.19. The number of aliphatic hydroxyl groups is 3. The molecule has 0 aromatic heterocycles. The maximum absolute atomic E-state index is 14.1. The number of rotatable bonds is 7. The summed E-state index contributed by atoms with van der Waals surface area (Å²) in [6, 6.07) is -0.249. The van der Waals surface area contributed by atoms with E-state index in [1.54, 1.807) is 21.1 Å². The monoisotopic (exact) mass is 687 g/mol. The highest BCUT2D eigenvalue weighted by molar-refractivity contribution is 5.73. The van der Waals surface area contributed by atoms with Crippen LogP contribution in [0.25, 0.3) is 0 Å². The maximum atomic E-state index is 14.1. The van der Waals surface area contributed by atoms with Crippen LogP contribution in [0.3, 0.4) is 0 Å². The van der Waals surface area contributed by atoms with Crippen molar-refractivity contribution in [1.82, 2.24) is 5.32 Å². The van der Waals surface area contributed by atoms with Gasteiger partial charge in [0, 0.05) is 37.8 Å². The van der Waals surface area contributed by atoms with E-state index in [1.165, 1.54) is 6.92 Å². The molecule has 4 N–H and O–H groups in total. The number of hydrogen-bond acceptors (Lipinski definition) is 12. The Labute approximate surface area is 287 Å². The average molecular weight is 688 g/mol. The highest BCUT2D eigenvalue weighted by atomic mass is 16.7. The number of methoxy groups -OCH3 is 1. The van der Waals surface area contributed by atoms with Gasteiger partial charge in [-0.1, -0.05) is 27.7 Å². The van der Waals surface area contributed by atoms with Crippen LogP contribution in [-0.2, 0) is 38.0 Å². The summed E-state index contributed by atoms with van der Waals surface area (Å²) >= 11 is 0. The van der Waals surface area contributed by atoms with E-state index in [1.807, 2.05) is 48.5 Å². The van der Waals surface area contributed by atoms with Crippen molar-refractivity contribution in [2.24, 2.45) is 23.7 Å². The molecule has 4 aliphatic heterocycles. The molecule has 12 heteroatoms. The van der Waals surface area contributed by atoms with Crippen molar-refractivity contribution in [1.29, 1.82) is 0 Å². The molecule has 4 aliphatic rings. The number of cyclic esters (lactones) is 1. The summed E-state index contributed by atoms with van der Waals surface area (Å²) in [6.45, 7) is 18.9. The van der Waals surface area contributed by atoms with Gasteiger partial charge in [-0.2, -0.15) is 0 Å². The number of carbonyl (C=O) groups is 1. The van der Waals surface area contributed by atoms with Crippen LogP contribution in [0.1, 0.15) is 101 Å². The van der Waals surface area contributed by atoms with Crippen molar-refractivity contribution in [3.63, 3.8) is 0 Å². The van der Waals surface area contributed by atoms with Crippen LogP contribution in [-0.4, -0.2) is 120 Å². The Hall–Kier alpha value is -0.930. The highest BCUT2D eigenvalue weighted by Gasteiger charge is 2.57. The number of esters is 1. The van der Waals surface area contributed by atoms with Gasteiger partial charge in [-0.15, -0.1) is 0 Å². The minimum absolute atomic E-state index is 0.0257. The number of hydrogen-bond donors (Lipinski definition) is 4. The zero-order valence-corrected chi connectivity index (χ0v) is 31.3. The largest absolute Gasteiger partial charge is 0.459 e. The number of aliphatic hydroxyl groups excluding tert-OH is 2. The number of ether oxygens (including phenoxy) is 7. The third-order valence-corrected chi connectivity index (χ3v) is 11.9. The topological polar surface area (TPSA) is 154 Å². The van der Waals surface area contributed by atoms with Crippen molar-refractivity contribution < 1.29 is 53.3 Å². The van der Waals surface area contributed by atoms with Gasteiger partial charge in [0.25, 0.3) is 0 Å². The molecule has 0 aromatic rings. The molecule has 2 bridgehead atoms. The van der Waals surface area contributed by atoms with Gasteiger partial charge in [0.2, 0.25) is 0 Å². The first kappa shape index (κ1) is 39.8.